The van der Waals surface area contributed by atoms with Gasteiger partial charge in [0.15, 0.2) is 18.9 Å². The van der Waals surface area contributed by atoms with Crippen LogP contribution in [0.3, 0.4) is 0 Å². The largest absolute Gasteiger partial charge is 0.394 e. The second kappa shape index (κ2) is 46.7. The van der Waals surface area contributed by atoms with Gasteiger partial charge in [-0.05, 0) is 104 Å². The Morgan fingerprint density at radius 2 is 0.804 bits per heavy atom. The lowest BCUT2D eigenvalue weighted by molar-refractivity contribution is -0.282. The molecule has 3 fully saturated rings. The molecule has 0 aromatic heterocycles. The van der Waals surface area contributed by atoms with Gasteiger partial charge in [0.25, 0.3) is 0 Å². The Morgan fingerprint density at radius 3 is 1.25 bits per heavy atom. The molecule has 3 aliphatic rings. The molecule has 30 heteroatoms. The van der Waals surface area contributed by atoms with Crippen LogP contribution in [0.25, 0.3) is 0 Å². The Bertz CT molecular complexity index is 2100. The molecule has 0 bridgehead atoms. The summed E-state index contributed by atoms with van der Waals surface area (Å²) in [7, 11) is 0. The van der Waals surface area contributed by atoms with E-state index in [1.54, 1.807) is 13.8 Å². The fourth-order valence-corrected chi connectivity index (χ4v) is 10.7. The van der Waals surface area contributed by atoms with E-state index in [2.05, 4.69) is 37.2 Å². The Morgan fingerprint density at radius 1 is 0.424 bits per heavy atom. The average Bonchev–Trinajstić information content (AvgIpc) is 0.990. The molecule has 534 valence electrons. The maximum Gasteiger partial charge on any atom is 0.243 e. The molecule has 3 aliphatic heterocycles. The van der Waals surface area contributed by atoms with Crippen molar-refractivity contribution in [3.05, 3.63) is 0 Å². The third kappa shape index (κ3) is 31.5. The van der Waals surface area contributed by atoms with E-state index in [4.69, 9.17) is 33.2 Å². The van der Waals surface area contributed by atoms with Gasteiger partial charge in [-0.25, -0.2) is 0 Å². The maximum atomic E-state index is 14.3. The van der Waals surface area contributed by atoms with E-state index in [0.717, 1.165) is 0 Å². The van der Waals surface area contributed by atoms with Gasteiger partial charge in [0.1, 0.15) is 67.6 Å². The van der Waals surface area contributed by atoms with Crippen LogP contribution in [0.15, 0.2) is 0 Å². The van der Waals surface area contributed by atoms with Gasteiger partial charge >= 0.3 is 0 Å². The van der Waals surface area contributed by atoms with Crippen LogP contribution in [0.2, 0.25) is 0 Å². The van der Waals surface area contributed by atoms with Gasteiger partial charge in [-0.3, -0.25) is 33.6 Å². The number of amides is 7. The minimum Gasteiger partial charge on any atom is -0.394 e. The van der Waals surface area contributed by atoms with E-state index in [1.807, 2.05) is 13.8 Å². The van der Waals surface area contributed by atoms with Gasteiger partial charge in [-0.15, -0.1) is 0 Å². The highest BCUT2D eigenvalue weighted by atomic mass is 16.7. The number of aliphatic hydroxyl groups is 9. The number of carbonyl (C=O) groups is 7. The van der Waals surface area contributed by atoms with E-state index in [-0.39, 0.29) is 102 Å². The zero-order valence-corrected chi connectivity index (χ0v) is 54.8. The highest BCUT2D eigenvalue weighted by Crippen LogP contribution is 2.29. The molecule has 16 N–H and O–H groups in total. The average molecular weight is 1320 g/mol. The van der Waals surface area contributed by atoms with Crippen molar-refractivity contribution in [2.24, 2.45) is 11.8 Å². The molecule has 0 spiro atoms. The molecule has 8 unspecified atom stereocenters. The summed E-state index contributed by atoms with van der Waals surface area (Å²) in [6, 6.07) is -3.14. The topological polar surface area (TPSA) is 450 Å². The molecule has 0 aromatic carbocycles. The molecule has 0 saturated carbocycles. The number of nitrogens with one attached hydrogen (secondary N) is 7. The normalized spacial score (nSPS) is 27.1. The molecule has 0 aromatic rings. The number of ether oxygens (including phenoxy) is 7. The number of rotatable bonds is 48. The maximum absolute atomic E-state index is 14.3. The first-order chi connectivity index (χ1) is 44.0. The van der Waals surface area contributed by atoms with Crippen LogP contribution >= 0.6 is 0 Å². The number of hydrogen-bond acceptors (Lipinski definition) is 23. The van der Waals surface area contributed by atoms with Crippen molar-refractivity contribution in [3.8, 4) is 0 Å². The minimum atomic E-state index is -1.44. The van der Waals surface area contributed by atoms with Crippen LogP contribution in [0.5, 0.6) is 0 Å². The van der Waals surface area contributed by atoms with Gasteiger partial charge in [0, 0.05) is 83.9 Å². The minimum absolute atomic E-state index is 0.0323. The molecule has 3 saturated heterocycles. The second-order valence-corrected chi connectivity index (χ2v) is 24.5. The summed E-state index contributed by atoms with van der Waals surface area (Å²) in [5, 5.41) is 110. The summed E-state index contributed by atoms with van der Waals surface area (Å²) in [5.74, 6) is -3.50. The van der Waals surface area contributed by atoms with E-state index in [1.165, 1.54) is 6.92 Å². The van der Waals surface area contributed by atoms with E-state index in [9.17, 15) is 79.5 Å². The zero-order valence-electron chi connectivity index (χ0n) is 54.8. The fourth-order valence-electron chi connectivity index (χ4n) is 10.7. The van der Waals surface area contributed by atoms with Crippen LogP contribution in [0.1, 0.15) is 176 Å². The molecule has 0 aliphatic carbocycles. The molecule has 7 amide bonds. The van der Waals surface area contributed by atoms with Gasteiger partial charge < -0.3 is 116 Å². The summed E-state index contributed by atoms with van der Waals surface area (Å²) < 4.78 is 39.6. The van der Waals surface area contributed by atoms with Crippen molar-refractivity contribution in [2.45, 2.75) is 274 Å². The predicted molar refractivity (Wildman–Crippen MR) is 331 cm³/mol. The molecular formula is C62H113N7O23. The summed E-state index contributed by atoms with van der Waals surface area (Å²) >= 11 is 0. The van der Waals surface area contributed by atoms with E-state index in [0.29, 0.717) is 109 Å². The number of aliphatic hydroxyl groups excluding tert-OH is 9. The lowest BCUT2D eigenvalue weighted by atomic mass is 9.92. The van der Waals surface area contributed by atoms with Crippen molar-refractivity contribution in [3.63, 3.8) is 0 Å². The van der Waals surface area contributed by atoms with Crippen LogP contribution in [0, 0.1) is 11.8 Å². The zero-order chi connectivity index (χ0) is 68.0. The quantitative estimate of drug-likeness (QED) is 0.0244. The third-order valence-corrected chi connectivity index (χ3v) is 16.5. The first-order valence-electron chi connectivity index (χ1n) is 33.3. The first kappa shape index (κ1) is 81.9. The van der Waals surface area contributed by atoms with Crippen molar-refractivity contribution >= 4 is 41.4 Å². The molecule has 3 rings (SSSR count). The van der Waals surface area contributed by atoms with Crippen molar-refractivity contribution in [1.82, 2.24) is 37.2 Å². The molecular weight excluding hydrogens is 1210 g/mol. The highest BCUT2D eigenvalue weighted by Gasteiger charge is 2.46. The van der Waals surface area contributed by atoms with E-state index >= 15 is 0 Å². The summed E-state index contributed by atoms with van der Waals surface area (Å²) in [6.07, 6.45) is -3.88. The van der Waals surface area contributed by atoms with Gasteiger partial charge in [0.2, 0.25) is 41.4 Å². The van der Waals surface area contributed by atoms with Crippen LogP contribution in [-0.4, -0.2) is 251 Å². The predicted octanol–water partition coefficient (Wildman–Crippen LogP) is -1.47. The van der Waals surface area contributed by atoms with Crippen LogP contribution < -0.4 is 37.2 Å². The Hall–Kier alpha value is -4.35. The van der Waals surface area contributed by atoms with Gasteiger partial charge in [0.05, 0.1) is 38.1 Å². The lowest BCUT2D eigenvalue weighted by Gasteiger charge is -2.42. The fraction of sp³-hybridized carbons (Fsp3) is 0.887. The monoisotopic (exact) mass is 1320 g/mol. The third-order valence-electron chi connectivity index (χ3n) is 16.5. The molecule has 30 nitrogen and oxygen atoms in total. The summed E-state index contributed by atoms with van der Waals surface area (Å²) in [4.78, 5) is 91.2. The molecule has 92 heavy (non-hydrogen) atoms. The van der Waals surface area contributed by atoms with E-state index < -0.39 is 147 Å². The first-order valence-corrected chi connectivity index (χ1v) is 33.3. The smallest absolute Gasteiger partial charge is 0.243 e. The second-order valence-electron chi connectivity index (χ2n) is 24.5. The summed E-state index contributed by atoms with van der Waals surface area (Å²) in [5.41, 5.74) is 0. The Balaban J connectivity index is 1.56. The molecule has 17 atom stereocenters. The Kier molecular flexibility index (Phi) is 41.6. The summed E-state index contributed by atoms with van der Waals surface area (Å²) in [6.45, 7) is 8.39. The highest BCUT2D eigenvalue weighted by molar-refractivity contribution is 5.92. The number of unbranched alkanes of at least 4 members (excludes halogenated alkanes) is 10. The number of hydrogen-bond donors (Lipinski definition) is 16. The molecule has 0 radical (unpaired) electrons. The van der Waals surface area contributed by atoms with Gasteiger partial charge in [-0.1, -0.05) is 39.5 Å². The van der Waals surface area contributed by atoms with Crippen molar-refractivity contribution in [1.29, 1.82) is 0 Å². The van der Waals surface area contributed by atoms with Gasteiger partial charge in [-0.2, -0.15) is 0 Å². The number of carbonyl (C=O) groups excluding carboxylic acids is 7. The SMILES string of the molecule is CC(=O)NC1[C@H](OCCCCCC(=O)NCCCCC(NC(=O)C(CCCCNC(=O)CCCCCO[C@@H]2OC(CO)[C@H](O)[C@H](O)C2C)NC(=O)CCCCCO[C@@H]2OC(CO)[C@H](O)[C@H](O)C2C)C(=O)NCCCCCC(=O)NCOC(C)C)OC(CO)[C@H](O)[C@@H]1O. The van der Waals surface area contributed by atoms with Crippen molar-refractivity contribution in [2.75, 3.05) is 66.0 Å². The van der Waals surface area contributed by atoms with Crippen LogP contribution in [-0.2, 0) is 66.7 Å². The van der Waals surface area contributed by atoms with Crippen molar-refractivity contribution < 1.29 is 113 Å². The Labute approximate surface area is 541 Å². The van der Waals surface area contributed by atoms with Crippen LogP contribution in [0.4, 0.5) is 0 Å². The lowest BCUT2D eigenvalue weighted by Crippen LogP contribution is -2.64. The molecule has 3 heterocycles. The standard InChI is InChI=1S/C62H113N7O23/c1-38(2)89-37-66-49(76)26-10-6-16-30-65-58(84)42(22-14-17-28-63-48(75)25-12-8-21-33-88-62-51(67-41(5)73)57(83)56(82)46(36-72)92-62)69-59(85)43(68-50(77)27-13-9-20-32-87-61-40(4)53(79)55(81)45(35-71)91-61)23-15-18-29-64-47(74)24-11-7-19-31-86-60-39(3)52(78)54(80)44(34-70)90-60/h38-40,42-46,51-57,60-62,70-72,78-83H,6-37H2,1-5H3,(H,63,75)(H,64,74)(H,65,84)(H,66,76)(H,67,73)(H,68,77)(H,69,85)/t39?,40?,42?,43?,44?,45?,46?,51?,52-,53-,54+,55+,56+,57-,60-,61-,62-/m1/s1.